The van der Waals surface area contributed by atoms with E-state index in [9.17, 15) is 9.90 Å². The monoisotopic (exact) mass is 547 g/mol. The third-order valence-electron chi connectivity index (χ3n) is 3.62. The van der Waals surface area contributed by atoms with Gasteiger partial charge in [0.05, 0.1) is 22.2 Å². The van der Waals surface area contributed by atoms with E-state index in [1.807, 2.05) is 6.92 Å². The summed E-state index contributed by atoms with van der Waals surface area (Å²) in [6.45, 7) is 2.25. The van der Waals surface area contributed by atoms with Crippen molar-refractivity contribution in [3.63, 3.8) is 0 Å². The first kappa shape index (κ1) is 20.7. The molecule has 4 nitrogen and oxygen atoms in total. The second kappa shape index (κ2) is 8.53. The SMILES string of the molecule is CCOc1cc(/C=C2\SC(=S)N(c3ccc(Br)c(Cl)c3)C2=O)c(Br)cc1O. The minimum atomic E-state index is -0.235. The van der Waals surface area contributed by atoms with E-state index in [1.165, 1.54) is 22.7 Å². The first-order valence-electron chi connectivity index (χ1n) is 7.70. The van der Waals surface area contributed by atoms with Gasteiger partial charge in [-0.25, -0.2) is 0 Å². The molecule has 0 atom stereocenters. The molecule has 1 amide bonds. The van der Waals surface area contributed by atoms with E-state index in [4.69, 9.17) is 28.6 Å². The van der Waals surface area contributed by atoms with Gasteiger partial charge in [-0.1, -0.05) is 51.5 Å². The maximum Gasteiger partial charge on any atom is 0.270 e. The number of hydrogen-bond donors (Lipinski definition) is 1. The van der Waals surface area contributed by atoms with Gasteiger partial charge in [-0.3, -0.25) is 9.69 Å². The zero-order valence-electron chi connectivity index (χ0n) is 13.8. The van der Waals surface area contributed by atoms with E-state index >= 15 is 0 Å². The Morgan fingerprint density at radius 3 is 2.70 bits per heavy atom. The molecule has 140 valence electrons. The van der Waals surface area contributed by atoms with Crippen LogP contribution < -0.4 is 9.64 Å². The molecule has 1 aliphatic heterocycles. The zero-order valence-corrected chi connectivity index (χ0v) is 19.4. The van der Waals surface area contributed by atoms with Crippen molar-refractivity contribution in [2.24, 2.45) is 0 Å². The van der Waals surface area contributed by atoms with Gasteiger partial charge in [-0.15, -0.1) is 0 Å². The average Bonchev–Trinajstić information content (AvgIpc) is 2.88. The lowest BCUT2D eigenvalue weighted by Gasteiger charge is -2.15. The topological polar surface area (TPSA) is 49.8 Å². The summed E-state index contributed by atoms with van der Waals surface area (Å²) >= 11 is 19.5. The van der Waals surface area contributed by atoms with Gasteiger partial charge < -0.3 is 9.84 Å². The van der Waals surface area contributed by atoms with Crippen LogP contribution in [0.2, 0.25) is 5.02 Å². The summed E-state index contributed by atoms with van der Waals surface area (Å²) in [5, 5.41) is 10.4. The first-order chi connectivity index (χ1) is 12.8. The highest BCUT2D eigenvalue weighted by Gasteiger charge is 2.33. The Balaban J connectivity index is 1.97. The molecule has 0 saturated carbocycles. The number of aromatic hydroxyl groups is 1. The van der Waals surface area contributed by atoms with Crippen LogP contribution in [0, 0.1) is 0 Å². The Morgan fingerprint density at radius 2 is 2.04 bits per heavy atom. The van der Waals surface area contributed by atoms with Gasteiger partial charge in [-0.2, -0.15) is 0 Å². The molecule has 1 aliphatic rings. The van der Waals surface area contributed by atoms with Gasteiger partial charge >= 0.3 is 0 Å². The lowest BCUT2D eigenvalue weighted by Crippen LogP contribution is -2.27. The molecule has 1 heterocycles. The molecule has 0 unspecified atom stereocenters. The van der Waals surface area contributed by atoms with Crippen molar-refractivity contribution in [2.75, 3.05) is 11.5 Å². The predicted molar refractivity (Wildman–Crippen MR) is 122 cm³/mol. The van der Waals surface area contributed by atoms with Gasteiger partial charge in [0.1, 0.15) is 0 Å². The molecule has 0 aliphatic carbocycles. The molecule has 27 heavy (non-hydrogen) atoms. The Kier molecular flexibility index (Phi) is 6.53. The van der Waals surface area contributed by atoms with Crippen LogP contribution in [0.25, 0.3) is 6.08 Å². The lowest BCUT2D eigenvalue weighted by molar-refractivity contribution is -0.113. The van der Waals surface area contributed by atoms with Gasteiger partial charge in [-0.05, 0) is 64.8 Å². The second-order valence-electron chi connectivity index (χ2n) is 5.39. The number of thioether (sulfide) groups is 1. The average molecular weight is 550 g/mol. The van der Waals surface area contributed by atoms with Gasteiger partial charge in [0.25, 0.3) is 5.91 Å². The fourth-order valence-electron chi connectivity index (χ4n) is 2.40. The molecule has 3 rings (SSSR count). The summed E-state index contributed by atoms with van der Waals surface area (Å²) in [5.74, 6) is 0.140. The number of thiocarbonyl (C=S) groups is 1. The number of phenols is 1. The van der Waals surface area contributed by atoms with Crippen molar-refractivity contribution in [2.45, 2.75) is 6.92 Å². The second-order valence-corrected chi connectivity index (χ2v) is 9.18. The highest BCUT2D eigenvalue weighted by Crippen LogP contribution is 2.40. The summed E-state index contributed by atoms with van der Waals surface area (Å²) in [6.07, 6.45) is 1.71. The number of carbonyl (C=O) groups is 1. The number of halogens is 3. The Morgan fingerprint density at radius 1 is 1.30 bits per heavy atom. The number of nitrogens with zero attached hydrogens (tertiary/aromatic N) is 1. The third kappa shape index (κ3) is 4.35. The molecule has 0 radical (unpaired) electrons. The van der Waals surface area contributed by atoms with Gasteiger partial charge in [0, 0.05) is 8.95 Å². The molecule has 1 fully saturated rings. The van der Waals surface area contributed by atoms with Crippen LogP contribution >= 0.6 is 67.4 Å². The molecule has 1 N–H and O–H groups in total. The number of benzene rings is 2. The van der Waals surface area contributed by atoms with E-state index in [0.29, 0.717) is 42.3 Å². The molecule has 0 spiro atoms. The summed E-state index contributed by atoms with van der Waals surface area (Å²) in [5.41, 5.74) is 1.31. The van der Waals surface area contributed by atoms with Crippen LogP contribution in [-0.4, -0.2) is 21.9 Å². The smallest absolute Gasteiger partial charge is 0.270 e. The standard InChI is InChI=1S/C18H12Br2ClNO3S2/c1-2-25-15-5-9(12(20)8-14(15)23)6-16-17(24)22(18(26)27-16)10-3-4-11(19)13(21)7-10/h3-8,23H,2H2,1H3/b16-6-. The Hall–Kier alpha value is -1.06. The van der Waals surface area contributed by atoms with Crippen LogP contribution in [0.4, 0.5) is 5.69 Å². The Labute approximate surface area is 187 Å². The predicted octanol–water partition coefficient (Wildman–Crippen LogP) is 6.38. The number of carbonyl (C=O) groups excluding carboxylic acids is 1. The third-order valence-corrected chi connectivity index (χ3v) is 6.84. The number of ether oxygens (including phenoxy) is 1. The van der Waals surface area contributed by atoms with E-state index < -0.39 is 0 Å². The van der Waals surface area contributed by atoms with E-state index in [2.05, 4.69) is 31.9 Å². The molecular formula is C18H12Br2ClNO3S2. The van der Waals surface area contributed by atoms with Crippen molar-refractivity contribution >= 4 is 89.4 Å². The lowest BCUT2D eigenvalue weighted by atomic mass is 10.2. The molecule has 0 bridgehead atoms. The molecule has 1 saturated heterocycles. The highest BCUT2D eigenvalue weighted by atomic mass is 79.9. The van der Waals surface area contributed by atoms with Crippen LogP contribution in [0.1, 0.15) is 12.5 Å². The van der Waals surface area contributed by atoms with Crippen molar-refractivity contribution in [1.29, 1.82) is 0 Å². The van der Waals surface area contributed by atoms with Crippen molar-refractivity contribution in [3.05, 3.63) is 54.8 Å². The summed E-state index contributed by atoms with van der Waals surface area (Å²) < 4.78 is 7.21. The first-order valence-corrected chi connectivity index (χ1v) is 10.9. The van der Waals surface area contributed by atoms with Gasteiger partial charge in [0.15, 0.2) is 15.8 Å². The molecular weight excluding hydrogens is 538 g/mol. The molecule has 9 heteroatoms. The minimum absolute atomic E-state index is 0.0259. The zero-order chi connectivity index (χ0) is 19.7. The maximum absolute atomic E-state index is 12.9. The number of amides is 1. The highest BCUT2D eigenvalue weighted by molar-refractivity contribution is 9.10. The normalized spacial score (nSPS) is 15.7. The maximum atomic E-state index is 12.9. The van der Waals surface area contributed by atoms with E-state index in [0.717, 1.165) is 4.47 Å². The number of anilines is 1. The van der Waals surface area contributed by atoms with Crippen LogP contribution in [0.3, 0.4) is 0 Å². The van der Waals surface area contributed by atoms with Crippen molar-refractivity contribution in [3.8, 4) is 11.5 Å². The molecule has 0 aromatic heterocycles. The Bertz CT molecular complexity index is 981. The minimum Gasteiger partial charge on any atom is -0.504 e. The largest absolute Gasteiger partial charge is 0.504 e. The van der Waals surface area contributed by atoms with Crippen LogP contribution in [-0.2, 0) is 4.79 Å². The summed E-state index contributed by atoms with van der Waals surface area (Å²) in [7, 11) is 0. The molecule has 2 aromatic carbocycles. The fourth-order valence-corrected chi connectivity index (χ4v) is 4.55. The van der Waals surface area contributed by atoms with Gasteiger partial charge in [0.2, 0.25) is 0 Å². The number of rotatable bonds is 4. The van der Waals surface area contributed by atoms with Crippen LogP contribution in [0.15, 0.2) is 44.2 Å². The van der Waals surface area contributed by atoms with Crippen LogP contribution in [0.5, 0.6) is 11.5 Å². The van der Waals surface area contributed by atoms with Crippen molar-refractivity contribution in [1.82, 2.24) is 0 Å². The number of hydrogen-bond acceptors (Lipinski definition) is 5. The number of phenolic OH excluding ortho intramolecular Hbond substituents is 1. The summed E-state index contributed by atoms with van der Waals surface area (Å²) in [4.78, 5) is 14.8. The molecule has 2 aromatic rings. The summed E-state index contributed by atoms with van der Waals surface area (Å²) in [6, 6.07) is 8.43. The van der Waals surface area contributed by atoms with E-state index in [1.54, 1.807) is 30.3 Å². The fraction of sp³-hybridized carbons (Fsp3) is 0.111. The van der Waals surface area contributed by atoms with E-state index in [-0.39, 0.29) is 11.7 Å². The quantitative estimate of drug-likeness (QED) is 0.355. The van der Waals surface area contributed by atoms with Crippen molar-refractivity contribution < 1.29 is 14.6 Å².